The number of ether oxygens (including phenoxy) is 2. The topological polar surface area (TPSA) is 84.9 Å². The second-order valence-corrected chi connectivity index (χ2v) is 8.13. The van der Waals surface area contributed by atoms with Crippen molar-refractivity contribution in [3.63, 3.8) is 0 Å². The Balaban J connectivity index is 2.19. The number of hydrogen-bond donors (Lipinski definition) is 1. The van der Waals surface area contributed by atoms with Crippen LogP contribution < -0.4 is 14.8 Å². The van der Waals surface area contributed by atoms with Gasteiger partial charge in [-0.15, -0.1) is 0 Å². The predicted octanol–water partition coefficient (Wildman–Crippen LogP) is 2.98. The Morgan fingerprint density at radius 1 is 1.10 bits per heavy atom. The number of halogens is 3. The lowest BCUT2D eigenvalue weighted by Crippen LogP contribution is -2.24. The van der Waals surface area contributed by atoms with E-state index in [1.54, 1.807) is 0 Å². The summed E-state index contributed by atoms with van der Waals surface area (Å²) in [5.41, 5.74) is -0.974. The van der Waals surface area contributed by atoms with E-state index in [0.717, 1.165) is 16.4 Å². The molecule has 158 valence electrons. The van der Waals surface area contributed by atoms with E-state index in [0.29, 0.717) is 0 Å². The zero-order valence-corrected chi connectivity index (χ0v) is 16.6. The van der Waals surface area contributed by atoms with Gasteiger partial charge in [-0.2, -0.15) is 13.2 Å². The van der Waals surface area contributed by atoms with E-state index in [-0.39, 0.29) is 16.3 Å². The SMILES string of the molecule is COc1ccc(S(=O)(=O)N(C)C)cc1NC(=O)COc1ccccc1C(F)(F)F. The maximum Gasteiger partial charge on any atom is 0.419 e. The second-order valence-electron chi connectivity index (χ2n) is 5.98. The van der Waals surface area contributed by atoms with Crippen molar-refractivity contribution in [2.24, 2.45) is 0 Å². The Bertz CT molecular complexity index is 991. The highest BCUT2D eigenvalue weighted by Gasteiger charge is 2.34. The minimum absolute atomic E-state index is 0.0353. The molecule has 0 aliphatic rings. The minimum atomic E-state index is -4.63. The molecule has 0 saturated carbocycles. The van der Waals surface area contributed by atoms with Crippen molar-refractivity contribution in [2.45, 2.75) is 11.1 Å². The predicted molar refractivity (Wildman–Crippen MR) is 99.4 cm³/mol. The first-order valence-corrected chi connectivity index (χ1v) is 9.60. The Morgan fingerprint density at radius 3 is 2.34 bits per heavy atom. The normalized spacial score (nSPS) is 12.0. The Kier molecular flexibility index (Phi) is 6.75. The third-order valence-electron chi connectivity index (χ3n) is 3.77. The summed E-state index contributed by atoms with van der Waals surface area (Å²) in [6.07, 6.45) is -4.63. The van der Waals surface area contributed by atoms with Crippen LogP contribution in [0.25, 0.3) is 0 Å². The second kappa shape index (κ2) is 8.70. The molecular weight excluding hydrogens is 413 g/mol. The number of rotatable bonds is 7. The number of anilines is 1. The molecule has 0 bridgehead atoms. The molecule has 0 aromatic heterocycles. The first kappa shape index (κ1) is 22.5. The van der Waals surface area contributed by atoms with Crippen LogP contribution in [-0.4, -0.2) is 46.4 Å². The van der Waals surface area contributed by atoms with Gasteiger partial charge in [0.2, 0.25) is 10.0 Å². The van der Waals surface area contributed by atoms with Crippen LogP contribution in [0, 0.1) is 0 Å². The monoisotopic (exact) mass is 432 g/mol. The number of carbonyl (C=O) groups is 1. The van der Waals surface area contributed by atoms with Crippen LogP contribution >= 0.6 is 0 Å². The van der Waals surface area contributed by atoms with Crippen LogP contribution in [0.2, 0.25) is 0 Å². The van der Waals surface area contributed by atoms with E-state index in [1.165, 1.54) is 51.5 Å². The van der Waals surface area contributed by atoms with Crippen molar-refractivity contribution in [3.05, 3.63) is 48.0 Å². The summed E-state index contributed by atoms with van der Waals surface area (Å²) in [5.74, 6) is -1.11. The summed E-state index contributed by atoms with van der Waals surface area (Å²) in [6, 6.07) is 8.34. The van der Waals surface area contributed by atoms with Gasteiger partial charge in [0.05, 0.1) is 23.3 Å². The summed E-state index contributed by atoms with van der Waals surface area (Å²) in [5, 5.41) is 2.39. The number of methoxy groups -OCH3 is 1. The van der Waals surface area contributed by atoms with Crippen molar-refractivity contribution < 1.29 is 35.9 Å². The molecule has 0 radical (unpaired) electrons. The molecule has 2 rings (SSSR count). The smallest absolute Gasteiger partial charge is 0.419 e. The standard InChI is InChI=1S/C18H19F3N2O5S/c1-23(2)29(25,26)12-8-9-16(27-3)14(10-12)22-17(24)11-28-15-7-5-4-6-13(15)18(19,20)21/h4-10H,11H2,1-3H3,(H,22,24). The fraction of sp³-hybridized carbons (Fsp3) is 0.278. The largest absolute Gasteiger partial charge is 0.495 e. The summed E-state index contributed by atoms with van der Waals surface area (Å²) < 4.78 is 74.5. The number of sulfonamides is 1. The number of amides is 1. The molecule has 0 unspecified atom stereocenters. The quantitative estimate of drug-likeness (QED) is 0.727. The van der Waals surface area contributed by atoms with Crippen molar-refractivity contribution in [3.8, 4) is 11.5 Å². The summed E-state index contributed by atoms with van der Waals surface area (Å²) in [4.78, 5) is 12.1. The van der Waals surface area contributed by atoms with Gasteiger partial charge < -0.3 is 14.8 Å². The molecule has 0 aliphatic carbocycles. The Hall–Kier alpha value is -2.79. The first-order chi connectivity index (χ1) is 13.5. The van der Waals surface area contributed by atoms with Crippen molar-refractivity contribution >= 4 is 21.6 Å². The molecular formula is C18H19F3N2O5S. The molecule has 7 nitrogen and oxygen atoms in total. The lowest BCUT2D eigenvalue weighted by molar-refractivity contribution is -0.139. The number of nitrogens with one attached hydrogen (secondary N) is 1. The fourth-order valence-electron chi connectivity index (χ4n) is 2.31. The highest BCUT2D eigenvalue weighted by Crippen LogP contribution is 2.36. The zero-order valence-electron chi connectivity index (χ0n) is 15.8. The van der Waals surface area contributed by atoms with Gasteiger partial charge in [-0.1, -0.05) is 12.1 Å². The number of para-hydroxylation sites is 1. The molecule has 1 N–H and O–H groups in total. The van der Waals surface area contributed by atoms with Crippen LogP contribution in [0.4, 0.5) is 18.9 Å². The molecule has 29 heavy (non-hydrogen) atoms. The van der Waals surface area contributed by atoms with Crippen molar-refractivity contribution in [2.75, 3.05) is 33.1 Å². The first-order valence-electron chi connectivity index (χ1n) is 8.16. The average molecular weight is 432 g/mol. The van der Waals surface area contributed by atoms with Gasteiger partial charge in [0.1, 0.15) is 11.5 Å². The lowest BCUT2D eigenvalue weighted by Gasteiger charge is -2.16. The lowest BCUT2D eigenvalue weighted by atomic mass is 10.2. The van der Waals surface area contributed by atoms with E-state index < -0.39 is 40.0 Å². The highest BCUT2D eigenvalue weighted by molar-refractivity contribution is 7.89. The van der Waals surface area contributed by atoms with E-state index >= 15 is 0 Å². The van der Waals surface area contributed by atoms with Crippen LogP contribution in [0.1, 0.15) is 5.56 Å². The van der Waals surface area contributed by atoms with E-state index in [1.807, 2.05) is 0 Å². The third-order valence-corrected chi connectivity index (χ3v) is 5.59. The summed E-state index contributed by atoms with van der Waals surface area (Å²) >= 11 is 0. The van der Waals surface area contributed by atoms with Crippen molar-refractivity contribution in [1.82, 2.24) is 4.31 Å². The number of benzene rings is 2. The molecule has 0 fully saturated rings. The van der Waals surface area contributed by atoms with Gasteiger partial charge in [0.15, 0.2) is 6.61 Å². The van der Waals surface area contributed by atoms with E-state index in [9.17, 15) is 26.4 Å². The van der Waals surface area contributed by atoms with Crippen LogP contribution in [0.15, 0.2) is 47.4 Å². The molecule has 2 aromatic rings. The van der Waals surface area contributed by atoms with Crippen LogP contribution in [0.3, 0.4) is 0 Å². The van der Waals surface area contributed by atoms with Crippen molar-refractivity contribution in [1.29, 1.82) is 0 Å². The maximum absolute atomic E-state index is 13.0. The molecule has 1 amide bonds. The molecule has 0 aliphatic heterocycles. The zero-order chi connectivity index (χ0) is 21.8. The third kappa shape index (κ3) is 5.39. The van der Waals surface area contributed by atoms with Crippen LogP contribution in [-0.2, 0) is 21.0 Å². The molecule has 0 atom stereocenters. The number of hydrogen-bond acceptors (Lipinski definition) is 5. The number of carbonyl (C=O) groups excluding carboxylic acids is 1. The molecule has 11 heteroatoms. The maximum atomic E-state index is 13.0. The number of alkyl halides is 3. The van der Waals surface area contributed by atoms with Gasteiger partial charge in [-0.3, -0.25) is 4.79 Å². The van der Waals surface area contributed by atoms with Gasteiger partial charge in [-0.05, 0) is 30.3 Å². The van der Waals surface area contributed by atoms with Gasteiger partial charge in [0, 0.05) is 14.1 Å². The Morgan fingerprint density at radius 2 is 1.76 bits per heavy atom. The Labute approximate surface area is 166 Å². The van der Waals surface area contributed by atoms with E-state index in [4.69, 9.17) is 9.47 Å². The highest BCUT2D eigenvalue weighted by atomic mass is 32.2. The van der Waals surface area contributed by atoms with Crippen LogP contribution in [0.5, 0.6) is 11.5 Å². The van der Waals surface area contributed by atoms with Gasteiger partial charge >= 0.3 is 6.18 Å². The molecule has 0 saturated heterocycles. The van der Waals surface area contributed by atoms with Gasteiger partial charge in [-0.25, -0.2) is 12.7 Å². The molecule has 0 spiro atoms. The summed E-state index contributed by atoms with van der Waals surface area (Å²) in [6.45, 7) is -0.721. The molecule has 2 aromatic carbocycles. The van der Waals surface area contributed by atoms with E-state index in [2.05, 4.69) is 5.32 Å². The average Bonchev–Trinajstić information content (AvgIpc) is 2.65. The molecule has 0 heterocycles. The summed E-state index contributed by atoms with van der Waals surface area (Å²) in [7, 11) is 0.255. The minimum Gasteiger partial charge on any atom is -0.495 e. The number of nitrogens with zero attached hydrogens (tertiary/aromatic N) is 1. The fourth-order valence-corrected chi connectivity index (χ4v) is 3.24. The van der Waals surface area contributed by atoms with Gasteiger partial charge in [0.25, 0.3) is 5.91 Å².